The number of hydrogen-bond acceptors (Lipinski definition) is 4. The summed E-state index contributed by atoms with van der Waals surface area (Å²) < 4.78 is 18.6. The number of nitrogens with one attached hydrogen (secondary N) is 2. The average molecular weight is 340 g/mol. The van der Waals surface area contributed by atoms with Crippen LogP contribution in [0.1, 0.15) is 30.1 Å². The number of aromatic nitrogens is 3. The van der Waals surface area contributed by atoms with Crippen LogP contribution in [0.25, 0.3) is 11.2 Å². The van der Waals surface area contributed by atoms with Crippen LogP contribution in [0.5, 0.6) is 11.6 Å². The molecule has 1 fully saturated rings. The van der Waals surface area contributed by atoms with E-state index in [1.165, 1.54) is 30.5 Å². The van der Waals surface area contributed by atoms with Gasteiger partial charge in [-0.1, -0.05) is 0 Å². The Bertz CT molecular complexity index is 918. The average Bonchev–Trinajstić information content (AvgIpc) is 3.37. The van der Waals surface area contributed by atoms with E-state index < -0.39 is 0 Å². The first-order valence-electron chi connectivity index (χ1n) is 8.18. The van der Waals surface area contributed by atoms with Gasteiger partial charge in [-0.05, 0) is 49.9 Å². The number of nitrogens with zero attached hydrogens (tertiary/aromatic N) is 2. The summed E-state index contributed by atoms with van der Waals surface area (Å²) in [5.74, 6) is 0.724. The van der Waals surface area contributed by atoms with Crippen LogP contribution in [0.2, 0.25) is 0 Å². The summed E-state index contributed by atoms with van der Waals surface area (Å²) in [5, 5.41) is 3.00. The molecule has 1 aliphatic rings. The lowest BCUT2D eigenvalue weighted by atomic mass is 10.2. The van der Waals surface area contributed by atoms with Crippen LogP contribution in [0.4, 0.5) is 4.39 Å². The molecule has 7 heteroatoms. The molecule has 1 unspecified atom stereocenters. The first-order chi connectivity index (χ1) is 12.1. The molecule has 2 heterocycles. The molecule has 1 aliphatic carbocycles. The zero-order valence-corrected chi connectivity index (χ0v) is 13.6. The Balaban J connectivity index is 1.58. The number of ether oxygens (including phenoxy) is 1. The Morgan fingerprint density at radius 3 is 2.84 bits per heavy atom. The molecule has 1 atom stereocenters. The van der Waals surface area contributed by atoms with Crippen molar-refractivity contribution in [3.05, 3.63) is 48.0 Å². The third-order valence-corrected chi connectivity index (χ3v) is 4.33. The summed E-state index contributed by atoms with van der Waals surface area (Å²) in [5.41, 5.74) is 1.38. The van der Waals surface area contributed by atoms with Gasteiger partial charge in [0.05, 0.1) is 11.8 Å². The van der Waals surface area contributed by atoms with Crippen molar-refractivity contribution in [2.24, 2.45) is 5.92 Å². The lowest BCUT2D eigenvalue weighted by molar-refractivity contribution is 0.0937. The lowest BCUT2D eigenvalue weighted by Crippen LogP contribution is -2.33. The molecule has 0 saturated heterocycles. The molecule has 6 nitrogen and oxygen atoms in total. The van der Waals surface area contributed by atoms with Gasteiger partial charge in [0.25, 0.3) is 5.91 Å². The Morgan fingerprint density at radius 1 is 1.36 bits per heavy atom. The number of benzene rings is 1. The van der Waals surface area contributed by atoms with Crippen molar-refractivity contribution in [2.45, 2.75) is 25.8 Å². The van der Waals surface area contributed by atoms with Gasteiger partial charge in [-0.25, -0.2) is 14.4 Å². The van der Waals surface area contributed by atoms with Gasteiger partial charge in [-0.3, -0.25) is 4.79 Å². The summed E-state index contributed by atoms with van der Waals surface area (Å²) >= 11 is 0. The molecule has 0 radical (unpaired) electrons. The van der Waals surface area contributed by atoms with Gasteiger partial charge in [0.1, 0.15) is 17.1 Å². The Kier molecular flexibility index (Phi) is 3.83. The van der Waals surface area contributed by atoms with Gasteiger partial charge in [0.15, 0.2) is 5.65 Å². The SMILES string of the molecule is CC(NC(=O)c1c[nH]c2ncc(Oc3ccc(F)cc3)nc12)C1CC1. The van der Waals surface area contributed by atoms with E-state index in [0.29, 0.717) is 28.4 Å². The van der Waals surface area contributed by atoms with Crippen LogP contribution in [0.15, 0.2) is 36.7 Å². The van der Waals surface area contributed by atoms with Crippen molar-refractivity contribution < 1.29 is 13.9 Å². The topological polar surface area (TPSA) is 79.9 Å². The molecular weight excluding hydrogens is 323 g/mol. The van der Waals surface area contributed by atoms with Crippen LogP contribution in [-0.4, -0.2) is 26.9 Å². The number of rotatable bonds is 5. The molecule has 0 bridgehead atoms. The molecule has 1 aromatic carbocycles. The molecule has 25 heavy (non-hydrogen) atoms. The number of H-pyrrole nitrogens is 1. The third-order valence-electron chi connectivity index (χ3n) is 4.33. The van der Waals surface area contributed by atoms with Crippen LogP contribution in [0.3, 0.4) is 0 Å². The normalized spacial score (nSPS) is 15.1. The largest absolute Gasteiger partial charge is 0.437 e. The summed E-state index contributed by atoms with van der Waals surface area (Å²) in [6, 6.07) is 5.75. The minimum atomic E-state index is -0.344. The summed E-state index contributed by atoms with van der Waals surface area (Å²) in [4.78, 5) is 24.0. The number of aromatic amines is 1. The molecule has 2 N–H and O–H groups in total. The number of carbonyl (C=O) groups excluding carboxylic acids is 1. The summed E-state index contributed by atoms with van der Waals surface area (Å²) in [7, 11) is 0. The summed E-state index contributed by atoms with van der Waals surface area (Å²) in [6.45, 7) is 2.01. The monoisotopic (exact) mass is 340 g/mol. The van der Waals surface area contributed by atoms with Crippen molar-refractivity contribution in [3.63, 3.8) is 0 Å². The quantitative estimate of drug-likeness (QED) is 0.746. The van der Waals surface area contributed by atoms with E-state index >= 15 is 0 Å². The fourth-order valence-electron chi connectivity index (χ4n) is 2.72. The molecular formula is C18H17FN4O2. The number of fused-ring (bicyclic) bond motifs is 1. The molecule has 1 saturated carbocycles. The number of halogens is 1. The van der Waals surface area contributed by atoms with Crippen molar-refractivity contribution in [2.75, 3.05) is 0 Å². The molecule has 3 aromatic rings. The number of carbonyl (C=O) groups is 1. The van der Waals surface area contributed by atoms with E-state index in [1.807, 2.05) is 6.92 Å². The first-order valence-corrected chi connectivity index (χ1v) is 8.18. The van der Waals surface area contributed by atoms with E-state index in [1.54, 1.807) is 6.20 Å². The van der Waals surface area contributed by atoms with Crippen LogP contribution < -0.4 is 10.1 Å². The van der Waals surface area contributed by atoms with Gasteiger partial charge in [0.2, 0.25) is 5.88 Å². The molecule has 4 rings (SSSR count). The van der Waals surface area contributed by atoms with E-state index in [0.717, 1.165) is 12.8 Å². The smallest absolute Gasteiger partial charge is 0.255 e. The van der Waals surface area contributed by atoms with E-state index in [2.05, 4.69) is 20.3 Å². The van der Waals surface area contributed by atoms with Gasteiger partial charge in [-0.2, -0.15) is 0 Å². The van der Waals surface area contributed by atoms with Crippen LogP contribution in [-0.2, 0) is 0 Å². The number of hydrogen-bond donors (Lipinski definition) is 2. The highest BCUT2D eigenvalue weighted by Gasteiger charge is 2.29. The van der Waals surface area contributed by atoms with Crippen molar-refractivity contribution >= 4 is 17.1 Å². The fraction of sp³-hybridized carbons (Fsp3) is 0.278. The minimum absolute atomic E-state index is 0.143. The zero-order valence-electron chi connectivity index (χ0n) is 13.6. The minimum Gasteiger partial charge on any atom is -0.437 e. The second-order valence-corrected chi connectivity index (χ2v) is 6.26. The van der Waals surface area contributed by atoms with Crippen molar-refractivity contribution in [1.82, 2.24) is 20.3 Å². The second-order valence-electron chi connectivity index (χ2n) is 6.26. The van der Waals surface area contributed by atoms with Crippen molar-refractivity contribution in [3.8, 4) is 11.6 Å². The Hall–Kier alpha value is -2.96. The van der Waals surface area contributed by atoms with E-state index in [9.17, 15) is 9.18 Å². The highest BCUT2D eigenvalue weighted by Crippen LogP contribution is 2.32. The number of amides is 1. The Morgan fingerprint density at radius 2 is 2.12 bits per heavy atom. The second kappa shape index (κ2) is 6.16. The zero-order chi connectivity index (χ0) is 17.4. The molecule has 1 amide bonds. The van der Waals surface area contributed by atoms with Gasteiger partial charge in [0, 0.05) is 12.2 Å². The molecule has 0 spiro atoms. The highest BCUT2D eigenvalue weighted by molar-refractivity contribution is 6.04. The molecule has 2 aromatic heterocycles. The van der Waals surface area contributed by atoms with Gasteiger partial charge >= 0.3 is 0 Å². The predicted molar refractivity (Wildman–Crippen MR) is 90.0 cm³/mol. The Labute approximate surface area is 143 Å². The van der Waals surface area contributed by atoms with Gasteiger partial charge in [-0.15, -0.1) is 0 Å². The fourth-order valence-corrected chi connectivity index (χ4v) is 2.72. The maximum Gasteiger partial charge on any atom is 0.255 e. The maximum absolute atomic E-state index is 13.0. The first kappa shape index (κ1) is 15.6. The van der Waals surface area contributed by atoms with E-state index in [-0.39, 0.29) is 23.6 Å². The third kappa shape index (κ3) is 3.31. The standard InChI is InChI=1S/C18H17FN4O2/c1-10(11-2-3-11)22-18(24)14-8-20-17-16(14)23-15(9-21-17)25-13-6-4-12(19)5-7-13/h4-11H,2-3H2,1H3,(H,20,21)(H,22,24). The molecule has 0 aliphatic heterocycles. The van der Waals surface area contributed by atoms with Crippen LogP contribution in [0, 0.1) is 11.7 Å². The highest BCUT2D eigenvalue weighted by atomic mass is 19.1. The molecule has 128 valence electrons. The van der Waals surface area contributed by atoms with E-state index in [4.69, 9.17) is 4.74 Å². The maximum atomic E-state index is 13.0. The van der Waals surface area contributed by atoms with Gasteiger partial charge < -0.3 is 15.0 Å². The van der Waals surface area contributed by atoms with Crippen LogP contribution >= 0.6 is 0 Å². The lowest BCUT2D eigenvalue weighted by Gasteiger charge is -2.11. The predicted octanol–water partition coefficient (Wildman–Crippen LogP) is 3.42. The van der Waals surface area contributed by atoms with Crippen molar-refractivity contribution in [1.29, 1.82) is 0 Å². The summed E-state index contributed by atoms with van der Waals surface area (Å²) in [6.07, 6.45) is 5.37.